The van der Waals surface area contributed by atoms with Crippen molar-refractivity contribution in [1.29, 1.82) is 0 Å². The molecular weight excluding hydrogens is 394 g/mol. The van der Waals surface area contributed by atoms with Gasteiger partial charge in [0.2, 0.25) is 0 Å². The van der Waals surface area contributed by atoms with Crippen LogP contribution in [0.5, 0.6) is 11.5 Å². The van der Waals surface area contributed by atoms with Gasteiger partial charge in [-0.2, -0.15) is 0 Å². The first-order valence-corrected chi connectivity index (χ1v) is 9.71. The summed E-state index contributed by atoms with van der Waals surface area (Å²) >= 11 is 0. The molecule has 1 amide bonds. The van der Waals surface area contributed by atoms with Crippen molar-refractivity contribution >= 4 is 23.2 Å². The molecule has 156 valence electrons. The molecule has 2 aromatic carbocycles. The number of hydrogen-bond acceptors (Lipinski definition) is 5. The van der Waals surface area contributed by atoms with Crippen LogP contribution in [0.4, 0.5) is 5.82 Å². The number of carbonyl (C=O) groups is 2. The quantitative estimate of drug-likeness (QED) is 0.457. The molecule has 0 spiro atoms. The molecule has 31 heavy (non-hydrogen) atoms. The first-order valence-electron chi connectivity index (χ1n) is 9.71. The van der Waals surface area contributed by atoms with Crippen molar-refractivity contribution in [2.45, 2.75) is 6.92 Å². The predicted octanol–water partition coefficient (Wildman–Crippen LogP) is 4.23. The van der Waals surface area contributed by atoms with Crippen LogP contribution < -0.4 is 14.8 Å². The zero-order chi connectivity index (χ0) is 21.8. The van der Waals surface area contributed by atoms with E-state index in [0.29, 0.717) is 28.6 Å². The lowest BCUT2D eigenvalue weighted by atomic mass is 10.1. The fraction of sp³-hybridized carbons (Fsp3) is 0.125. The zero-order valence-corrected chi connectivity index (χ0v) is 17.2. The van der Waals surface area contributed by atoms with E-state index < -0.39 is 0 Å². The van der Waals surface area contributed by atoms with Gasteiger partial charge in [-0.15, -0.1) is 0 Å². The number of aromatic nitrogens is 2. The monoisotopic (exact) mass is 415 g/mol. The highest BCUT2D eigenvalue weighted by molar-refractivity contribution is 5.96. The lowest BCUT2D eigenvalue weighted by Gasteiger charge is -2.12. The first kappa shape index (κ1) is 20.2. The molecule has 0 saturated heterocycles. The number of ketones is 1. The molecule has 0 saturated carbocycles. The fourth-order valence-electron chi connectivity index (χ4n) is 3.23. The predicted molar refractivity (Wildman–Crippen MR) is 118 cm³/mol. The van der Waals surface area contributed by atoms with Gasteiger partial charge < -0.3 is 14.8 Å². The van der Waals surface area contributed by atoms with Gasteiger partial charge in [0.25, 0.3) is 5.91 Å². The molecule has 0 atom stereocenters. The van der Waals surface area contributed by atoms with Gasteiger partial charge in [0.15, 0.2) is 23.9 Å². The average molecular weight is 415 g/mol. The fourth-order valence-corrected chi connectivity index (χ4v) is 3.23. The second-order valence-corrected chi connectivity index (χ2v) is 6.86. The number of pyridine rings is 1. The van der Waals surface area contributed by atoms with Crippen molar-refractivity contribution < 1.29 is 19.1 Å². The van der Waals surface area contributed by atoms with Crippen molar-refractivity contribution in [1.82, 2.24) is 9.38 Å². The van der Waals surface area contributed by atoms with E-state index in [1.54, 1.807) is 18.2 Å². The van der Waals surface area contributed by atoms with Crippen LogP contribution >= 0.6 is 0 Å². The van der Waals surface area contributed by atoms with Crippen LogP contribution in [0, 0.1) is 0 Å². The molecule has 0 fully saturated rings. The van der Waals surface area contributed by atoms with Crippen LogP contribution in [0.3, 0.4) is 0 Å². The Morgan fingerprint density at radius 3 is 2.52 bits per heavy atom. The van der Waals surface area contributed by atoms with Crippen LogP contribution in [0.2, 0.25) is 0 Å². The summed E-state index contributed by atoms with van der Waals surface area (Å²) < 4.78 is 12.8. The third-order valence-corrected chi connectivity index (χ3v) is 4.76. The smallest absolute Gasteiger partial charge is 0.263 e. The summed E-state index contributed by atoms with van der Waals surface area (Å²) in [6, 6.07) is 20.1. The molecule has 0 aliphatic heterocycles. The van der Waals surface area contributed by atoms with E-state index in [9.17, 15) is 9.59 Å². The van der Waals surface area contributed by atoms with Crippen molar-refractivity contribution in [2.24, 2.45) is 0 Å². The number of nitrogens with zero attached hydrogens (tertiary/aromatic N) is 2. The maximum Gasteiger partial charge on any atom is 0.263 e. The number of rotatable bonds is 7. The number of fused-ring (bicyclic) bond motifs is 1. The molecule has 0 bridgehead atoms. The van der Waals surface area contributed by atoms with Gasteiger partial charge in [0, 0.05) is 17.3 Å². The topological polar surface area (TPSA) is 81.9 Å². The minimum atomic E-state index is -0.347. The second-order valence-electron chi connectivity index (χ2n) is 6.86. The number of ether oxygens (including phenoxy) is 2. The molecule has 7 heteroatoms. The Morgan fingerprint density at radius 2 is 1.77 bits per heavy atom. The number of amides is 1. The van der Waals surface area contributed by atoms with E-state index in [-0.39, 0.29) is 18.3 Å². The third-order valence-electron chi connectivity index (χ3n) is 4.76. The number of carbonyl (C=O) groups excluding carboxylic acids is 2. The maximum absolute atomic E-state index is 12.7. The molecule has 1 N–H and O–H groups in total. The Balaban J connectivity index is 1.56. The largest absolute Gasteiger partial charge is 0.493 e. The molecular formula is C24H21N3O4. The van der Waals surface area contributed by atoms with Crippen molar-refractivity contribution in [3.05, 3.63) is 78.5 Å². The van der Waals surface area contributed by atoms with Crippen LogP contribution in [0.1, 0.15) is 17.3 Å². The average Bonchev–Trinajstić information content (AvgIpc) is 3.16. The number of methoxy groups -OCH3 is 1. The number of hydrogen-bond donors (Lipinski definition) is 1. The Morgan fingerprint density at radius 1 is 1.00 bits per heavy atom. The van der Waals surface area contributed by atoms with Gasteiger partial charge in [-0.05, 0) is 37.3 Å². The first-order chi connectivity index (χ1) is 15.1. The Labute approximate surface area is 179 Å². The number of anilines is 1. The van der Waals surface area contributed by atoms with Crippen LogP contribution in [-0.2, 0) is 4.79 Å². The number of imidazole rings is 1. The van der Waals surface area contributed by atoms with Gasteiger partial charge in [0.05, 0.1) is 7.11 Å². The molecule has 2 aromatic heterocycles. The molecule has 7 nitrogen and oxygen atoms in total. The molecule has 0 radical (unpaired) electrons. The van der Waals surface area contributed by atoms with Gasteiger partial charge >= 0.3 is 0 Å². The minimum Gasteiger partial charge on any atom is -0.493 e. The number of Topliss-reactive ketones (excluding diaryl/α,β-unsaturated/α-hetero) is 1. The lowest BCUT2D eigenvalue weighted by molar-refractivity contribution is -0.118. The summed E-state index contributed by atoms with van der Waals surface area (Å²) in [6.45, 7) is 1.24. The van der Waals surface area contributed by atoms with E-state index in [1.165, 1.54) is 14.0 Å². The van der Waals surface area contributed by atoms with E-state index in [1.807, 2.05) is 59.1 Å². The highest BCUT2D eigenvalue weighted by Crippen LogP contribution is 2.30. The Kier molecular flexibility index (Phi) is 5.66. The van der Waals surface area contributed by atoms with E-state index in [2.05, 4.69) is 10.3 Å². The summed E-state index contributed by atoms with van der Waals surface area (Å²) in [6.07, 6.45) is 1.84. The SMILES string of the molecule is COc1cc(C(C)=O)ccc1OCC(=O)Nc1c(-c2ccccc2)nc2ccccn12. The van der Waals surface area contributed by atoms with Crippen molar-refractivity contribution in [3.8, 4) is 22.8 Å². The highest BCUT2D eigenvalue weighted by atomic mass is 16.5. The summed E-state index contributed by atoms with van der Waals surface area (Å²) in [5.74, 6) is 0.905. The van der Waals surface area contributed by atoms with Crippen LogP contribution in [0.15, 0.2) is 72.9 Å². The molecule has 4 aromatic rings. The van der Waals surface area contributed by atoms with Crippen LogP contribution in [-0.4, -0.2) is 34.8 Å². The summed E-state index contributed by atoms with van der Waals surface area (Å²) in [7, 11) is 1.48. The number of benzene rings is 2. The third kappa shape index (κ3) is 4.25. The standard InChI is InChI=1S/C24H21N3O4/c1-16(28)18-11-12-19(20(14-18)30-2)31-15-22(29)26-24-23(17-8-4-3-5-9-17)25-21-10-6-7-13-27(21)24/h3-14H,15H2,1-2H3,(H,26,29). The summed E-state index contributed by atoms with van der Waals surface area (Å²) in [5.41, 5.74) is 2.79. The molecule has 0 unspecified atom stereocenters. The normalized spacial score (nSPS) is 10.6. The van der Waals surface area contributed by atoms with Crippen molar-refractivity contribution in [2.75, 3.05) is 19.0 Å². The lowest BCUT2D eigenvalue weighted by Crippen LogP contribution is -2.21. The van der Waals surface area contributed by atoms with E-state index in [4.69, 9.17) is 9.47 Å². The Hall–Kier alpha value is -4.13. The van der Waals surface area contributed by atoms with Gasteiger partial charge in [-0.1, -0.05) is 36.4 Å². The second kappa shape index (κ2) is 8.71. The van der Waals surface area contributed by atoms with Crippen molar-refractivity contribution in [3.63, 3.8) is 0 Å². The molecule has 2 heterocycles. The maximum atomic E-state index is 12.7. The van der Waals surface area contributed by atoms with Gasteiger partial charge in [-0.3, -0.25) is 14.0 Å². The molecule has 0 aliphatic carbocycles. The van der Waals surface area contributed by atoms with E-state index in [0.717, 1.165) is 11.2 Å². The minimum absolute atomic E-state index is 0.0800. The van der Waals surface area contributed by atoms with E-state index >= 15 is 0 Å². The zero-order valence-electron chi connectivity index (χ0n) is 17.2. The summed E-state index contributed by atoms with van der Waals surface area (Å²) in [4.78, 5) is 28.9. The summed E-state index contributed by atoms with van der Waals surface area (Å²) in [5, 5.41) is 2.91. The molecule has 0 aliphatic rings. The van der Waals surface area contributed by atoms with Crippen LogP contribution in [0.25, 0.3) is 16.9 Å². The van der Waals surface area contributed by atoms with Gasteiger partial charge in [-0.25, -0.2) is 4.98 Å². The molecule has 4 rings (SSSR count). The number of nitrogens with one attached hydrogen (secondary N) is 1. The highest BCUT2D eigenvalue weighted by Gasteiger charge is 2.17. The van der Waals surface area contributed by atoms with Gasteiger partial charge in [0.1, 0.15) is 17.2 Å². The Bertz CT molecular complexity index is 1250.